The van der Waals surface area contributed by atoms with E-state index in [-0.39, 0.29) is 0 Å². The molecule has 0 saturated heterocycles. The maximum absolute atomic E-state index is 9.78. The second-order valence-electron chi connectivity index (χ2n) is 6.28. The molecule has 3 heteroatoms. The second-order valence-corrected chi connectivity index (χ2v) is 7.50. The van der Waals surface area contributed by atoms with Crippen molar-refractivity contribution < 1.29 is 5.11 Å². The molecule has 1 atom stereocenters. The molecular weight excluding hydrogens is 242 g/mol. The Balaban J connectivity index is 1.54. The van der Waals surface area contributed by atoms with Crippen molar-refractivity contribution >= 4 is 11.8 Å². The predicted octanol–water partition coefficient (Wildman–Crippen LogP) is 2.98. The van der Waals surface area contributed by atoms with Gasteiger partial charge in [-0.15, -0.1) is 0 Å². The zero-order valence-electron chi connectivity index (χ0n) is 10.7. The monoisotopic (exact) mass is 263 g/mol. The molecule has 0 aromatic rings. The Bertz CT molecular complexity index is 345. The summed E-state index contributed by atoms with van der Waals surface area (Å²) in [5, 5.41) is 19.0. The van der Waals surface area contributed by atoms with Crippen LogP contribution >= 0.6 is 11.8 Å². The predicted molar refractivity (Wildman–Crippen MR) is 74.1 cm³/mol. The van der Waals surface area contributed by atoms with Crippen molar-refractivity contribution in [1.82, 2.24) is 0 Å². The van der Waals surface area contributed by atoms with E-state index in [2.05, 4.69) is 0 Å². The molecule has 4 rings (SSSR count). The van der Waals surface area contributed by atoms with Gasteiger partial charge in [0.1, 0.15) is 0 Å². The molecule has 0 aromatic carbocycles. The van der Waals surface area contributed by atoms with Gasteiger partial charge in [0.15, 0.2) is 0 Å². The number of aliphatic hydroxyl groups is 1. The molecule has 0 aromatic heterocycles. The number of rotatable bonds is 4. The Morgan fingerprint density at radius 1 is 1.17 bits per heavy atom. The first-order valence-electron chi connectivity index (χ1n) is 7.12. The number of allylic oxidation sites excluding steroid dienone is 1. The number of nitriles is 1. The maximum Gasteiger partial charge on any atom is 0.0909 e. The highest BCUT2D eigenvalue weighted by Crippen LogP contribution is 2.57. The maximum atomic E-state index is 9.78. The molecule has 4 bridgehead atoms. The molecule has 0 amide bonds. The van der Waals surface area contributed by atoms with E-state index in [0.29, 0.717) is 0 Å². The van der Waals surface area contributed by atoms with Crippen molar-refractivity contribution in [3.8, 4) is 6.07 Å². The molecule has 0 spiro atoms. The fourth-order valence-corrected chi connectivity index (χ4v) is 6.09. The lowest BCUT2D eigenvalue weighted by molar-refractivity contribution is 0.0266. The van der Waals surface area contributed by atoms with Crippen LogP contribution in [0.5, 0.6) is 0 Å². The fourth-order valence-electron chi connectivity index (χ4n) is 4.57. The van der Waals surface area contributed by atoms with Gasteiger partial charge in [-0.2, -0.15) is 17.0 Å². The van der Waals surface area contributed by atoms with Crippen molar-refractivity contribution in [1.29, 1.82) is 5.26 Å². The lowest BCUT2D eigenvalue weighted by Gasteiger charge is -2.54. The number of aliphatic hydroxyl groups excluding tert-OH is 1. The first kappa shape index (κ1) is 12.6. The van der Waals surface area contributed by atoms with Crippen LogP contribution in [-0.2, 0) is 0 Å². The van der Waals surface area contributed by atoms with E-state index in [1.807, 2.05) is 17.8 Å². The van der Waals surface area contributed by atoms with Gasteiger partial charge in [-0.1, -0.05) is 0 Å². The largest absolute Gasteiger partial charge is 0.388 e. The molecular formula is C15H21NOS. The third-order valence-corrected chi connectivity index (χ3v) is 6.68. The minimum atomic E-state index is -0.452. The van der Waals surface area contributed by atoms with Crippen molar-refractivity contribution in [3.63, 3.8) is 0 Å². The lowest BCUT2D eigenvalue weighted by atomic mass is 9.56. The topological polar surface area (TPSA) is 44.0 Å². The average Bonchev–Trinajstić information content (AvgIpc) is 2.34. The molecule has 4 saturated carbocycles. The van der Waals surface area contributed by atoms with Gasteiger partial charge in [-0.05, 0) is 61.9 Å². The minimum Gasteiger partial charge on any atom is -0.388 e. The Labute approximate surface area is 113 Å². The fraction of sp³-hybridized carbons (Fsp3) is 0.800. The minimum absolute atomic E-state index is 0.452. The van der Waals surface area contributed by atoms with Gasteiger partial charge < -0.3 is 5.11 Å². The summed E-state index contributed by atoms with van der Waals surface area (Å²) in [6, 6.07) is 1.94. The Kier molecular flexibility index (Phi) is 3.68. The molecule has 18 heavy (non-hydrogen) atoms. The van der Waals surface area contributed by atoms with E-state index in [9.17, 15) is 5.11 Å². The van der Waals surface area contributed by atoms with Gasteiger partial charge in [0.25, 0.3) is 0 Å². The normalized spacial score (nSPS) is 43.2. The van der Waals surface area contributed by atoms with Crippen molar-refractivity contribution in [2.45, 2.75) is 43.5 Å². The highest BCUT2D eigenvalue weighted by Gasteiger charge is 2.48. The zero-order chi connectivity index (χ0) is 12.5. The molecule has 1 unspecified atom stereocenters. The van der Waals surface area contributed by atoms with Gasteiger partial charge in [0.2, 0.25) is 0 Å². The van der Waals surface area contributed by atoms with Crippen LogP contribution < -0.4 is 0 Å². The van der Waals surface area contributed by atoms with E-state index in [1.165, 1.54) is 38.2 Å². The van der Waals surface area contributed by atoms with Crippen LogP contribution in [0.25, 0.3) is 0 Å². The van der Waals surface area contributed by atoms with E-state index in [0.717, 1.165) is 34.7 Å². The summed E-state index contributed by atoms with van der Waals surface area (Å²) in [6.45, 7) is 0. The van der Waals surface area contributed by atoms with Crippen molar-refractivity contribution in [2.75, 3.05) is 5.75 Å². The molecule has 0 radical (unpaired) electrons. The third kappa shape index (κ3) is 2.46. The Hall–Kier alpha value is -0.460. The van der Waals surface area contributed by atoms with Crippen LogP contribution in [0.4, 0.5) is 0 Å². The highest BCUT2D eigenvalue weighted by molar-refractivity contribution is 8.00. The SMILES string of the molecule is N#C/C=C/C(O)CSC1C2CC3CC(C2)CC1C3. The molecule has 4 fully saturated rings. The quantitative estimate of drug-likeness (QED) is 0.793. The van der Waals surface area contributed by atoms with Gasteiger partial charge in [0.05, 0.1) is 12.2 Å². The van der Waals surface area contributed by atoms with Gasteiger partial charge in [0, 0.05) is 17.1 Å². The van der Waals surface area contributed by atoms with Crippen LogP contribution in [0.3, 0.4) is 0 Å². The summed E-state index contributed by atoms with van der Waals surface area (Å²) in [7, 11) is 0. The van der Waals surface area contributed by atoms with Gasteiger partial charge in [-0.25, -0.2) is 0 Å². The first-order valence-corrected chi connectivity index (χ1v) is 8.17. The second kappa shape index (κ2) is 5.27. The molecule has 2 nitrogen and oxygen atoms in total. The van der Waals surface area contributed by atoms with Crippen LogP contribution in [-0.4, -0.2) is 22.2 Å². The molecule has 0 heterocycles. The van der Waals surface area contributed by atoms with E-state index in [1.54, 1.807) is 6.08 Å². The third-order valence-electron chi connectivity index (χ3n) is 4.99. The summed E-state index contributed by atoms with van der Waals surface area (Å²) in [6.07, 6.45) is 9.81. The van der Waals surface area contributed by atoms with Gasteiger partial charge in [-0.3, -0.25) is 0 Å². The standard InChI is InChI=1S/C15H21NOS/c16-3-1-2-14(17)9-18-15-12-5-10-4-11(7-12)8-13(15)6-10/h1-2,10-15,17H,4-9H2/b2-1+. The summed E-state index contributed by atoms with van der Waals surface area (Å²) < 4.78 is 0. The van der Waals surface area contributed by atoms with Crippen molar-refractivity contribution in [2.24, 2.45) is 23.7 Å². The molecule has 4 aliphatic carbocycles. The summed E-state index contributed by atoms with van der Waals surface area (Å²) in [4.78, 5) is 0. The highest BCUT2D eigenvalue weighted by atomic mass is 32.2. The number of nitrogens with zero attached hydrogens (tertiary/aromatic N) is 1. The molecule has 0 aliphatic heterocycles. The number of hydrogen-bond donors (Lipinski definition) is 1. The summed E-state index contributed by atoms with van der Waals surface area (Å²) in [5.41, 5.74) is 0. The van der Waals surface area contributed by atoms with Crippen LogP contribution in [0, 0.1) is 35.0 Å². The van der Waals surface area contributed by atoms with Gasteiger partial charge >= 0.3 is 0 Å². The summed E-state index contributed by atoms with van der Waals surface area (Å²) in [5.74, 6) is 4.63. The lowest BCUT2D eigenvalue weighted by Crippen LogP contribution is -2.47. The average molecular weight is 263 g/mol. The summed E-state index contributed by atoms with van der Waals surface area (Å²) >= 11 is 1.96. The number of hydrogen-bond acceptors (Lipinski definition) is 3. The van der Waals surface area contributed by atoms with Crippen LogP contribution in [0.1, 0.15) is 32.1 Å². The Morgan fingerprint density at radius 2 is 1.78 bits per heavy atom. The Morgan fingerprint density at radius 3 is 2.33 bits per heavy atom. The van der Waals surface area contributed by atoms with E-state index >= 15 is 0 Å². The van der Waals surface area contributed by atoms with Crippen LogP contribution in [0.2, 0.25) is 0 Å². The van der Waals surface area contributed by atoms with Crippen LogP contribution in [0.15, 0.2) is 12.2 Å². The molecule has 1 N–H and O–H groups in total. The molecule has 98 valence electrons. The van der Waals surface area contributed by atoms with E-state index in [4.69, 9.17) is 5.26 Å². The number of thioether (sulfide) groups is 1. The van der Waals surface area contributed by atoms with E-state index < -0.39 is 6.10 Å². The molecule has 4 aliphatic rings. The van der Waals surface area contributed by atoms with Crippen molar-refractivity contribution in [3.05, 3.63) is 12.2 Å². The first-order chi connectivity index (χ1) is 8.76. The smallest absolute Gasteiger partial charge is 0.0909 e. The zero-order valence-corrected chi connectivity index (χ0v) is 11.5.